The van der Waals surface area contributed by atoms with Crippen LogP contribution in [-0.2, 0) is 6.54 Å². The molecule has 0 aromatic heterocycles. The molecule has 0 saturated carbocycles. The van der Waals surface area contributed by atoms with Gasteiger partial charge in [0.05, 0.1) is 0 Å². The third-order valence-electron chi connectivity index (χ3n) is 3.22. The summed E-state index contributed by atoms with van der Waals surface area (Å²) in [4.78, 5) is 11.8. The summed E-state index contributed by atoms with van der Waals surface area (Å²) in [5.41, 5.74) is 1.46. The van der Waals surface area contributed by atoms with Crippen LogP contribution in [-0.4, -0.2) is 12.6 Å². The lowest BCUT2D eigenvalue weighted by Crippen LogP contribution is -2.06. The average molecular weight is 299 g/mol. The molecule has 1 aliphatic heterocycles. The van der Waals surface area contributed by atoms with Crippen LogP contribution in [0.15, 0.2) is 54.7 Å². The number of carbonyl (C=O) groups is 1. The fraction of sp³-hybridized carbons (Fsp3) is 0.118. The minimum atomic E-state index is -0.360. The Morgan fingerprint density at radius 1 is 1.14 bits per heavy atom. The van der Waals surface area contributed by atoms with Crippen molar-refractivity contribution in [1.29, 1.82) is 0 Å². The number of rotatable bonds is 5. The Kier molecular flexibility index (Phi) is 4.05. The highest BCUT2D eigenvalue weighted by Gasteiger charge is 2.12. The fourth-order valence-corrected chi connectivity index (χ4v) is 2.07. The van der Waals surface area contributed by atoms with Gasteiger partial charge in [0.2, 0.25) is 6.79 Å². The van der Waals surface area contributed by atoms with Gasteiger partial charge in [-0.15, -0.1) is 0 Å². The van der Waals surface area contributed by atoms with Crippen molar-refractivity contribution >= 4 is 5.78 Å². The third kappa shape index (κ3) is 3.25. The summed E-state index contributed by atoms with van der Waals surface area (Å²) in [5, 5.41) is 3.03. The van der Waals surface area contributed by atoms with Gasteiger partial charge in [-0.1, -0.05) is 6.07 Å². The molecule has 0 atom stereocenters. The van der Waals surface area contributed by atoms with E-state index in [-0.39, 0.29) is 18.4 Å². The summed E-state index contributed by atoms with van der Waals surface area (Å²) >= 11 is 0. The minimum Gasteiger partial charge on any atom is -0.454 e. The molecule has 2 aromatic carbocycles. The fourth-order valence-electron chi connectivity index (χ4n) is 2.07. The van der Waals surface area contributed by atoms with E-state index in [2.05, 4.69) is 5.32 Å². The van der Waals surface area contributed by atoms with E-state index >= 15 is 0 Å². The maximum Gasteiger partial charge on any atom is 0.231 e. The lowest BCUT2D eigenvalue weighted by molar-refractivity contribution is 0.104. The largest absolute Gasteiger partial charge is 0.454 e. The first kappa shape index (κ1) is 14.1. The Labute approximate surface area is 127 Å². The van der Waals surface area contributed by atoms with Gasteiger partial charge in [-0.3, -0.25) is 4.79 Å². The molecule has 0 spiro atoms. The first-order chi connectivity index (χ1) is 10.7. The molecule has 3 rings (SSSR count). The second kappa shape index (κ2) is 6.30. The Hall–Kier alpha value is -2.82. The summed E-state index contributed by atoms with van der Waals surface area (Å²) in [6, 6.07) is 11.1. The molecule has 4 nitrogen and oxygen atoms in total. The number of carbonyl (C=O) groups excluding carboxylic acids is 1. The van der Waals surface area contributed by atoms with Crippen LogP contribution >= 0.6 is 0 Å². The van der Waals surface area contributed by atoms with Crippen molar-refractivity contribution in [3.63, 3.8) is 0 Å². The van der Waals surface area contributed by atoms with Gasteiger partial charge >= 0.3 is 0 Å². The number of fused-ring (bicyclic) bond motifs is 1. The van der Waals surface area contributed by atoms with Crippen LogP contribution in [0.5, 0.6) is 11.5 Å². The monoisotopic (exact) mass is 299 g/mol. The summed E-state index contributed by atoms with van der Waals surface area (Å²) in [6.45, 7) is 0.808. The van der Waals surface area contributed by atoms with Crippen molar-refractivity contribution in [3.8, 4) is 11.5 Å². The highest BCUT2D eigenvalue weighted by Crippen LogP contribution is 2.32. The van der Waals surface area contributed by atoms with Gasteiger partial charge in [0.1, 0.15) is 5.82 Å². The molecule has 112 valence electrons. The Morgan fingerprint density at radius 2 is 1.91 bits per heavy atom. The number of halogens is 1. The molecular weight excluding hydrogens is 285 g/mol. The zero-order chi connectivity index (χ0) is 15.4. The summed E-state index contributed by atoms with van der Waals surface area (Å²) < 4.78 is 23.3. The molecule has 0 saturated heterocycles. The number of ether oxygens (including phenoxy) is 2. The Morgan fingerprint density at radius 3 is 2.73 bits per heavy atom. The second-order valence-corrected chi connectivity index (χ2v) is 4.77. The topological polar surface area (TPSA) is 47.6 Å². The quantitative estimate of drug-likeness (QED) is 0.681. The summed E-state index contributed by atoms with van der Waals surface area (Å²) in [5.74, 6) is 0.927. The van der Waals surface area contributed by atoms with Crippen molar-refractivity contribution in [3.05, 3.63) is 71.7 Å². The van der Waals surface area contributed by atoms with E-state index in [9.17, 15) is 9.18 Å². The predicted octanol–water partition coefficient (Wildman–Crippen LogP) is 3.04. The molecule has 2 aromatic rings. The Balaban J connectivity index is 1.54. The molecule has 0 amide bonds. The number of hydrogen-bond acceptors (Lipinski definition) is 4. The van der Waals surface area contributed by atoms with Gasteiger partial charge in [-0.2, -0.15) is 0 Å². The molecule has 0 bridgehead atoms. The molecule has 1 aliphatic rings. The molecular formula is C17H14FNO3. The van der Waals surface area contributed by atoms with Crippen LogP contribution in [0, 0.1) is 5.82 Å². The third-order valence-corrected chi connectivity index (χ3v) is 3.22. The van der Waals surface area contributed by atoms with Crippen LogP contribution in [0.2, 0.25) is 0 Å². The summed E-state index contributed by atoms with van der Waals surface area (Å²) in [6.07, 6.45) is 3.00. The van der Waals surface area contributed by atoms with Crippen LogP contribution in [0.1, 0.15) is 15.9 Å². The van der Waals surface area contributed by atoms with Crippen LogP contribution < -0.4 is 14.8 Å². The van der Waals surface area contributed by atoms with Gasteiger partial charge in [-0.25, -0.2) is 4.39 Å². The molecule has 0 fully saturated rings. The van der Waals surface area contributed by atoms with Crippen molar-refractivity contribution in [1.82, 2.24) is 5.32 Å². The number of ketones is 1. The van der Waals surface area contributed by atoms with E-state index in [1.807, 2.05) is 18.2 Å². The van der Waals surface area contributed by atoms with Gasteiger partial charge in [0.15, 0.2) is 17.3 Å². The van der Waals surface area contributed by atoms with Crippen LogP contribution in [0.25, 0.3) is 0 Å². The second-order valence-electron chi connectivity index (χ2n) is 4.77. The number of benzene rings is 2. The van der Waals surface area contributed by atoms with Gasteiger partial charge in [0, 0.05) is 24.4 Å². The molecule has 0 radical (unpaired) electrons. The maximum atomic E-state index is 12.8. The van der Waals surface area contributed by atoms with Crippen molar-refractivity contribution < 1.29 is 18.7 Å². The number of allylic oxidation sites excluding steroid dienone is 1. The zero-order valence-electron chi connectivity index (χ0n) is 11.7. The molecule has 5 heteroatoms. The highest BCUT2D eigenvalue weighted by molar-refractivity contribution is 6.04. The number of hydrogen-bond donors (Lipinski definition) is 1. The first-order valence-corrected chi connectivity index (χ1v) is 6.81. The SMILES string of the molecule is O=C(/C=C/NCc1ccc2c(c1)OCO2)c1ccc(F)cc1. The smallest absolute Gasteiger partial charge is 0.231 e. The predicted molar refractivity (Wildman–Crippen MR) is 79.3 cm³/mol. The van der Waals surface area contributed by atoms with Crippen molar-refractivity contribution in [2.45, 2.75) is 6.54 Å². The molecule has 1 N–H and O–H groups in total. The minimum absolute atomic E-state index is 0.182. The first-order valence-electron chi connectivity index (χ1n) is 6.81. The Bertz CT molecular complexity index is 710. The lowest BCUT2D eigenvalue weighted by Gasteiger charge is -2.03. The zero-order valence-corrected chi connectivity index (χ0v) is 11.7. The van der Waals surface area contributed by atoms with E-state index < -0.39 is 0 Å². The standard InChI is InChI=1S/C17H14FNO3/c18-14-4-2-13(3-5-14)15(20)7-8-19-10-12-1-6-16-17(9-12)22-11-21-16/h1-9,19H,10-11H2/b8-7+. The van der Waals surface area contributed by atoms with E-state index in [1.165, 1.54) is 30.3 Å². The molecule has 1 heterocycles. The van der Waals surface area contributed by atoms with E-state index in [4.69, 9.17) is 9.47 Å². The van der Waals surface area contributed by atoms with E-state index in [0.717, 1.165) is 17.1 Å². The maximum absolute atomic E-state index is 12.8. The molecule has 22 heavy (non-hydrogen) atoms. The summed E-state index contributed by atoms with van der Waals surface area (Å²) in [7, 11) is 0. The van der Waals surface area contributed by atoms with Crippen LogP contribution in [0.3, 0.4) is 0 Å². The van der Waals surface area contributed by atoms with Gasteiger partial charge < -0.3 is 14.8 Å². The lowest BCUT2D eigenvalue weighted by atomic mass is 10.1. The molecule has 0 unspecified atom stereocenters. The number of nitrogens with one attached hydrogen (secondary N) is 1. The van der Waals surface area contributed by atoms with Gasteiger partial charge in [-0.05, 0) is 42.0 Å². The normalized spacial score (nSPS) is 12.6. The average Bonchev–Trinajstić information content (AvgIpc) is 2.99. The van der Waals surface area contributed by atoms with Gasteiger partial charge in [0.25, 0.3) is 0 Å². The molecule has 0 aliphatic carbocycles. The van der Waals surface area contributed by atoms with Crippen LogP contribution in [0.4, 0.5) is 4.39 Å². The van der Waals surface area contributed by atoms with Crippen molar-refractivity contribution in [2.75, 3.05) is 6.79 Å². The van der Waals surface area contributed by atoms with Crippen molar-refractivity contribution in [2.24, 2.45) is 0 Å². The van der Waals surface area contributed by atoms with E-state index in [1.54, 1.807) is 6.20 Å². The highest BCUT2D eigenvalue weighted by atomic mass is 19.1. The van der Waals surface area contributed by atoms with E-state index in [0.29, 0.717) is 12.1 Å².